The third kappa shape index (κ3) is 3.94. The topological polar surface area (TPSA) is 72.2 Å². The second-order valence-electron chi connectivity index (χ2n) is 5.56. The third-order valence-electron chi connectivity index (χ3n) is 3.99. The van der Waals surface area contributed by atoms with E-state index >= 15 is 0 Å². The highest BCUT2D eigenvalue weighted by molar-refractivity contribution is 6.20. The van der Waals surface area contributed by atoms with Crippen molar-refractivity contribution in [3.05, 3.63) is 39.4 Å². The summed E-state index contributed by atoms with van der Waals surface area (Å²) in [5.41, 5.74) is 0.515. The molecule has 0 saturated heterocycles. The van der Waals surface area contributed by atoms with Crippen LogP contribution in [-0.4, -0.2) is 22.8 Å². The van der Waals surface area contributed by atoms with Gasteiger partial charge in [-0.2, -0.15) is 0 Å². The van der Waals surface area contributed by atoms with Crippen LogP contribution in [0.1, 0.15) is 41.6 Å². The fraction of sp³-hybridized carbons (Fsp3) is 0.533. The number of nitrogens with zero attached hydrogens (tertiary/aromatic N) is 1. The molecule has 1 N–H and O–H groups in total. The summed E-state index contributed by atoms with van der Waals surface area (Å²) in [5.74, 6) is 0.0335. The molecule has 5 nitrogen and oxygen atoms in total. The van der Waals surface area contributed by atoms with Crippen LogP contribution in [0.25, 0.3) is 0 Å². The van der Waals surface area contributed by atoms with E-state index in [9.17, 15) is 14.9 Å². The van der Waals surface area contributed by atoms with Gasteiger partial charge in [-0.25, -0.2) is 0 Å². The Kier molecular flexibility index (Phi) is 5.17. The molecule has 0 atom stereocenters. The number of alkyl halides is 1. The lowest BCUT2D eigenvalue weighted by Gasteiger charge is -2.25. The van der Waals surface area contributed by atoms with E-state index in [0.717, 1.165) is 25.7 Å². The van der Waals surface area contributed by atoms with Gasteiger partial charge in [0.05, 0.1) is 4.92 Å². The molecule has 2 rings (SSSR count). The molecule has 1 aliphatic carbocycles. The highest BCUT2D eigenvalue weighted by atomic mass is 35.5. The molecular formula is C15H19ClN2O3. The highest BCUT2D eigenvalue weighted by Gasteiger charge is 2.24. The average Bonchev–Trinajstić information content (AvgIpc) is 2.45. The van der Waals surface area contributed by atoms with E-state index in [1.165, 1.54) is 6.07 Å². The Hall–Kier alpha value is -1.62. The number of rotatable bonds is 4. The van der Waals surface area contributed by atoms with Crippen LogP contribution >= 0.6 is 11.6 Å². The molecule has 114 valence electrons. The Morgan fingerprint density at radius 3 is 2.67 bits per heavy atom. The second kappa shape index (κ2) is 6.89. The van der Waals surface area contributed by atoms with Crippen molar-refractivity contribution in [2.45, 2.75) is 38.0 Å². The van der Waals surface area contributed by atoms with Crippen molar-refractivity contribution in [2.75, 3.05) is 6.54 Å². The first-order valence-corrected chi connectivity index (χ1v) is 7.59. The number of benzene rings is 1. The lowest BCUT2D eigenvalue weighted by atomic mass is 9.89. The van der Waals surface area contributed by atoms with Crippen LogP contribution < -0.4 is 5.32 Å². The standard InChI is InChI=1S/C15H19ClN2O3/c1-10-3-2-4-13(14(10)18(20)21)15(19)17-9-11-5-7-12(16)8-6-11/h2-4,11-12H,5-9H2,1H3,(H,17,19). The Labute approximate surface area is 128 Å². The molecule has 0 spiro atoms. The number of nitrogens with one attached hydrogen (secondary N) is 1. The molecule has 1 aromatic rings. The van der Waals surface area contributed by atoms with Crippen LogP contribution in [0.15, 0.2) is 18.2 Å². The summed E-state index contributed by atoms with van der Waals surface area (Å²) >= 11 is 6.05. The highest BCUT2D eigenvalue weighted by Crippen LogP contribution is 2.27. The molecule has 1 fully saturated rings. The summed E-state index contributed by atoms with van der Waals surface area (Å²) in [6.45, 7) is 2.18. The molecule has 0 bridgehead atoms. The maximum absolute atomic E-state index is 12.2. The van der Waals surface area contributed by atoms with Crippen molar-refractivity contribution in [1.29, 1.82) is 0 Å². The molecule has 1 aromatic carbocycles. The van der Waals surface area contributed by atoms with Crippen LogP contribution in [-0.2, 0) is 0 Å². The van der Waals surface area contributed by atoms with Crippen molar-refractivity contribution in [1.82, 2.24) is 5.32 Å². The summed E-state index contributed by atoms with van der Waals surface area (Å²) in [6, 6.07) is 4.79. The first-order chi connectivity index (χ1) is 9.99. The number of carbonyl (C=O) groups is 1. The fourth-order valence-electron chi connectivity index (χ4n) is 2.74. The minimum Gasteiger partial charge on any atom is -0.352 e. The number of halogens is 1. The molecule has 1 aliphatic rings. The van der Waals surface area contributed by atoms with E-state index in [0.29, 0.717) is 18.0 Å². The zero-order valence-corrected chi connectivity index (χ0v) is 12.7. The maximum Gasteiger partial charge on any atom is 0.285 e. The van der Waals surface area contributed by atoms with Crippen molar-refractivity contribution < 1.29 is 9.72 Å². The van der Waals surface area contributed by atoms with Gasteiger partial charge in [-0.15, -0.1) is 11.6 Å². The molecule has 0 aromatic heterocycles. The van der Waals surface area contributed by atoms with Crippen LogP contribution in [0.2, 0.25) is 0 Å². The van der Waals surface area contributed by atoms with E-state index in [1.807, 2.05) is 0 Å². The van der Waals surface area contributed by atoms with E-state index in [1.54, 1.807) is 19.1 Å². The van der Waals surface area contributed by atoms with Crippen molar-refractivity contribution in [3.8, 4) is 0 Å². The number of aryl methyl sites for hydroxylation is 1. The average molecular weight is 311 g/mol. The quantitative estimate of drug-likeness (QED) is 0.526. The SMILES string of the molecule is Cc1cccc(C(=O)NCC2CCC(Cl)CC2)c1[N+](=O)[O-]. The summed E-state index contributed by atoms with van der Waals surface area (Å²) in [6.07, 6.45) is 3.91. The molecule has 0 heterocycles. The van der Waals surface area contributed by atoms with Crippen molar-refractivity contribution in [2.24, 2.45) is 5.92 Å². The number of para-hydroxylation sites is 1. The molecule has 0 radical (unpaired) electrons. The summed E-state index contributed by atoms with van der Waals surface area (Å²) in [4.78, 5) is 22.8. The number of nitro groups is 1. The molecule has 1 amide bonds. The van der Waals surface area contributed by atoms with Crippen molar-refractivity contribution >= 4 is 23.2 Å². The van der Waals surface area contributed by atoms with Gasteiger partial charge >= 0.3 is 0 Å². The number of carbonyl (C=O) groups excluding carboxylic acids is 1. The van der Waals surface area contributed by atoms with Gasteiger partial charge in [-0.1, -0.05) is 12.1 Å². The molecule has 6 heteroatoms. The van der Waals surface area contributed by atoms with Gasteiger partial charge in [0.1, 0.15) is 5.56 Å². The van der Waals surface area contributed by atoms with Gasteiger partial charge in [-0.3, -0.25) is 14.9 Å². The number of nitro benzene ring substituents is 1. The van der Waals surface area contributed by atoms with E-state index in [-0.39, 0.29) is 22.5 Å². The molecule has 0 aliphatic heterocycles. The van der Waals surface area contributed by atoms with Gasteiger partial charge in [0.25, 0.3) is 11.6 Å². The first kappa shape index (κ1) is 15.8. The zero-order valence-electron chi connectivity index (χ0n) is 12.0. The lowest BCUT2D eigenvalue weighted by molar-refractivity contribution is -0.385. The van der Waals surface area contributed by atoms with Crippen molar-refractivity contribution in [3.63, 3.8) is 0 Å². The maximum atomic E-state index is 12.2. The van der Waals surface area contributed by atoms with Crippen LogP contribution in [0.5, 0.6) is 0 Å². The minimum absolute atomic E-state index is 0.112. The fourth-order valence-corrected chi connectivity index (χ4v) is 2.99. The smallest absolute Gasteiger partial charge is 0.285 e. The van der Waals surface area contributed by atoms with Gasteiger partial charge in [0, 0.05) is 17.5 Å². The van der Waals surface area contributed by atoms with E-state index in [4.69, 9.17) is 11.6 Å². The number of hydrogen-bond donors (Lipinski definition) is 1. The van der Waals surface area contributed by atoms with E-state index < -0.39 is 4.92 Å². The molecule has 0 unspecified atom stereocenters. The minimum atomic E-state index is -0.497. The Balaban J connectivity index is 2.01. The monoisotopic (exact) mass is 310 g/mol. The van der Waals surface area contributed by atoms with Crippen LogP contribution in [0, 0.1) is 23.0 Å². The largest absolute Gasteiger partial charge is 0.352 e. The predicted octanol–water partition coefficient (Wildman–Crippen LogP) is 3.43. The Morgan fingerprint density at radius 1 is 1.38 bits per heavy atom. The first-order valence-electron chi connectivity index (χ1n) is 7.15. The van der Waals surface area contributed by atoms with E-state index in [2.05, 4.69) is 5.32 Å². The summed E-state index contributed by atoms with van der Waals surface area (Å²) in [5, 5.41) is 14.2. The van der Waals surface area contributed by atoms with Gasteiger partial charge in [0.2, 0.25) is 0 Å². The van der Waals surface area contributed by atoms with Gasteiger partial charge < -0.3 is 5.32 Å². The zero-order chi connectivity index (χ0) is 15.4. The molecule has 1 saturated carbocycles. The van der Waals surface area contributed by atoms with Gasteiger partial charge in [0.15, 0.2) is 0 Å². The lowest BCUT2D eigenvalue weighted by Crippen LogP contribution is -2.31. The second-order valence-corrected chi connectivity index (χ2v) is 6.17. The Morgan fingerprint density at radius 2 is 2.05 bits per heavy atom. The van der Waals surface area contributed by atoms with Crippen LogP contribution in [0.3, 0.4) is 0 Å². The third-order valence-corrected chi connectivity index (χ3v) is 4.43. The molecule has 21 heavy (non-hydrogen) atoms. The number of hydrogen-bond acceptors (Lipinski definition) is 3. The summed E-state index contributed by atoms with van der Waals surface area (Å²) in [7, 11) is 0. The Bertz CT molecular complexity index is 540. The normalized spacial score (nSPS) is 21.8. The molecular weight excluding hydrogens is 292 g/mol. The number of amides is 1. The summed E-state index contributed by atoms with van der Waals surface area (Å²) < 4.78 is 0. The van der Waals surface area contributed by atoms with Crippen LogP contribution in [0.4, 0.5) is 5.69 Å². The van der Waals surface area contributed by atoms with Gasteiger partial charge in [-0.05, 0) is 44.6 Å². The predicted molar refractivity (Wildman–Crippen MR) is 81.8 cm³/mol.